The molecule has 0 aromatic carbocycles. The minimum Gasteiger partial charge on any atom is -0.269 e. The third-order valence-corrected chi connectivity index (χ3v) is 0.752. The van der Waals surface area contributed by atoms with Gasteiger partial charge in [0.15, 0.2) is 0 Å². The standard InChI is InChI=1S/C4H6N2O3/c1-3(5-8)2-4(7)6-9/h3H,2H2,1H3. The molecule has 0 aromatic rings. The summed E-state index contributed by atoms with van der Waals surface area (Å²) in [4.78, 5) is 29.1. The van der Waals surface area contributed by atoms with Gasteiger partial charge in [0.2, 0.25) is 0 Å². The Kier molecular flexibility index (Phi) is 3.34. The van der Waals surface area contributed by atoms with Crippen LogP contribution in [0.5, 0.6) is 0 Å². The summed E-state index contributed by atoms with van der Waals surface area (Å²) in [7, 11) is 0. The average Bonchev–Trinajstić information content (AvgIpc) is 1.87. The van der Waals surface area contributed by atoms with Crippen LogP contribution in [0, 0.1) is 9.81 Å². The van der Waals surface area contributed by atoms with Crippen LogP contribution in [0.4, 0.5) is 0 Å². The lowest BCUT2D eigenvalue weighted by atomic mass is 10.2. The van der Waals surface area contributed by atoms with E-state index >= 15 is 0 Å². The minimum atomic E-state index is -0.831. The van der Waals surface area contributed by atoms with Crippen LogP contribution in [0.25, 0.3) is 0 Å². The molecule has 0 aromatic heterocycles. The van der Waals surface area contributed by atoms with Crippen molar-refractivity contribution in [2.24, 2.45) is 10.4 Å². The number of carbonyl (C=O) groups is 1. The van der Waals surface area contributed by atoms with Gasteiger partial charge in [0.1, 0.15) is 0 Å². The molecule has 0 saturated heterocycles. The van der Waals surface area contributed by atoms with Gasteiger partial charge in [-0.15, -0.1) is 4.91 Å². The van der Waals surface area contributed by atoms with Crippen molar-refractivity contribution in [2.45, 2.75) is 19.4 Å². The Morgan fingerprint density at radius 3 is 2.44 bits per heavy atom. The fraction of sp³-hybridized carbons (Fsp3) is 0.750. The first-order chi connectivity index (χ1) is 4.20. The predicted octanol–water partition coefficient (Wildman–Crippen LogP) is 0.824. The Morgan fingerprint density at radius 2 is 2.11 bits per heavy atom. The van der Waals surface area contributed by atoms with Crippen LogP contribution in [0.2, 0.25) is 0 Å². The second-order valence-corrected chi connectivity index (χ2v) is 1.64. The average molecular weight is 130 g/mol. The van der Waals surface area contributed by atoms with Crippen LogP contribution >= 0.6 is 0 Å². The quantitative estimate of drug-likeness (QED) is 0.530. The molecule has 1 atom stereocenters. The Morgan fingerprint density at radius 1 is 1.56 bits per heavy atom. The molecule has 5 heteroatoms. The van der Waals surface area contributed by atoms with Gasteiger partial charge < -0.3 is 0 Å². The maximum atomic E-state index is 10.1. The molecule has 0 bridgehead atoms. The summed E-state index contributed by atoms with van der Waals surface area (Å²) in [6.45, 7) is 1.44. The molecule has 0 aliphatic carbocycles. The molecular formula is C4H6N2O3. The van der Waals surface area contributed by atoms with Crippen LogP contribution in [0.15, 0.2) is 10.4 Å². The molecule has 0 spiro atoms. The first-order valence-electron chi connectivity index (χ1n) is 2.39. The second-order valence-electron chi connectivity index (χ2n) is 1.64. The molecule has 0 saturated carbocycles. The second kappa shape index (κ2) is 3.82. The van der Waals surface area contributed by atoms with Crippen molar-refractivity contribution < 1.29 is 4.79 Å². The van der Waals surface area contributed by atoms with Crippen molar-refractivity contribution in [3.05, 3.63) is 9.81 Å². The third-order valence-electron chi connectivity index (χ3n) is 0.752. The molecular weight excluding hydrogens is 124 g/mol. The number of hydrogen-bond acceptors (Lipinski definition) is 4. The molecule has 0 N–H and O–H groups in total. The van der Waals surface area contributed by atoms with Gasteiger partial charge in [-0.05, 0) is 6.92 Å². The largest absolute Gasteiger partial charge is 0.288 e. The van der Waals surface area contributed by atoms with Crippen LogP contribution in [-0.2, 0) is 4.79 Å². The van der Waals surface area contributed by atoms with Crippen molar-refractivity contribution in [2.75, 3.05) is 0 Å². The Balaban J connectivity index is 3.58. The number of nitroso groups, excluding NO2 is 2. The summed E-state index contributed by atoms with van der Waals surface area (Å²) in [5.41, 5.74) is 0. The lowest BCUT2D eigenvalue weighted by molar-refractivity contribution is -0.118. The summed E-state index contributed by atoms with van der Waals surface area (Å²) < 4.78 is 0. The van der Waals surface area contributed by atoms with Crippen molar-refractivity contribution in [3.63, 3.8) is 0 Å². The van der Waals surface area contributed by atoms with Gasteiger partial charge in [-0.2, -0.15) is 4.91 Å². The number of hydrogen-bond donors (Lipinski definition) is 0. The first kappa shape index (κ1) is 7.87. The highest BCUT2D eigenvalue weighted by Gasteiger charge is 2.07. The highest BCUT2D eigenvalue weighted by molar-refractivity contribution is 5.77. The topological polar surface area (TPSA) is 75.9 Å². The van der Waals surface area contributed by atoms with E-state index < -0.39 is 11.9 Å². The lowest BCUT2D eigenvalue weighted by Gasteiger charge is -1.91. The van der Waals surface area contributed by atoms with Gasteiger partial charge in [0, 0.05) is 5.18 Å². The monoisotopic (exact) mass is 130 g/mol. The van der Waals surface area contributed by atoms with E-state index in [2.05, 4.69) is 10.4 Å². The smallest absolute Gasteiger partial charge is 0.269 e. The summed E-state index contributed by atoms with van der Waals surface area (Å²) in [5, 5.41) is 4.60. The van der Waals surface area contributed by atoms with E-state index in [-0.39, 0.29) is 6.42 Å². The zero-order valence-electron chi connectivity index (χ0n) is 4.90. The number of nitrogens with zero attached hydrogens (tertiary/aromatic N) is 2. The summed E-state index contributed by atoms with van der Waals surface area (Å²) >= 11 is 0. The molecule has 9 heavy (non-hydrogen) atoms. The molecule has 1 amide bonds. The predicted molar refractivity (Wildman–Crippen MR) is 30.7 cm³/mol. The van der Waals surface area contributed by atoms with E-state index in [1.54, 1.807) is 0 Å². The van der Waals surface area contributed by atoms with Gasteiger partial charge in [-0.25, -0.2) is 0 Å². The lowest BCUT2D eigenvalue weighted by Crippen LogP contribution is -2.03. The SMILES string of the molecule is CC(CC(=O)N=O)N=O. The molecule has 0 fully saturated rings. The van der Waals surface area contributed by atoms with E-state index in [1.807, 2.05) is 0 Å². The Bertz CT molecular complexity index is 134. The summed E-state index contributed by atoms with van der Waals surface area (Å²) in [6, 6.07) is -0.643. The van der Waals surface area contributed by atoms with Crippen molar-refractivity contribution in [3.8, 4) is 0 Å². The van der Waals surface area contributed by atoms with Gasteiger partial charge in [0.05, 0.1) is 12.5 Å². The van der Waals surface area contributed by atoms with Crippen molar-refractivity contribution in [1.82, 2.24) is 0 Å². The third kappa shape index (κ3) is 3.45. The van der Waals surface area contributed by atoms with E-state index in [0.717, 1.165) is 0 Å². The molecule has 0 aliphatic heterocycles. The van der Waals surface area contributed by atoms with E-state index in [9.17, 15) is 14.6 Å². The summed E-state index contributed by atoms with van der Waals surface area (Å²) in [5.74, 6) is -0.831. The highest BCUT2D eigenvalue weighted by Crippen LogP contribution is 1.96. The van der Waals surface area contributed by atoms with E-state index in [0.29, 0.717) is 0 Å². The van der Waals surface area contributed by atoms with E-state index in [1.165, 1.54) is 6.92 Å². The molecule has 0 rings (SSSR count). The van der Waals surface area contributed by atoms with Crippen LogP contribution in [-0.4, -0.2) is 11.9 Å². The first-order valence-corrected chi connectivity index (χ1v) is 2.39. The maximum absolute atomic E-state index is 10.1. The maximum Gasteiger partial charge on any atom is 0.288 e. The zero-order chi connectivity index (χ0) is 7.28. The number of carbonyl (C=O) groups excluding carboxylic acids is 1. The minimum absolute atomic E-state index is 0.188. The molecule has 0 radical (unpaired) electrons. The Labute approximate surface area is 51.4 Å². The number of rotatable bonds is 3. The fourth-order valence-corrected chi connectivity index (χ4v) is 0.327. The summed E-state index contributed by atoms with van der Waals surface area (Å²) in [6.07, 6.45) is -0.188. The van der Waals surface area contributed by atoms with E-state index in [4.69, 9.17) is 0 Å². The molecule has 1 unspecified atom stereocenters. The zero-order valence-corrected chi connectivity index (χ0v) is 4.90. The van der Waals surface area contributed by atoms with Gasteiger partial charge in [0.25, 0.3) is 5.91 Å². The molecule has 0 heterocycles. The normalized spacial score (nSPS) is 12.1. The van der Waals surface area contributed by atoms with Gasteiger partial charge in [-0.3, -0.25) is 4.79 Å². The van der Waals surface area contributed by atoms with Crippen molar-refractivity contribution in [1.29, 1.82) is 0 Å². The molecule has 0 aliphatic rings. The Hall–Kier alpha value is -1.13. The van der Waals surface area contributed by atoms with Gasteiger partial charge >= 0.3 is 0 Å². The van der Waals surface area contributed by atoms with Crippen molar-refractivity contribution >= 4 is 5.91 Å². The number of amides is 1. The van der Waals surface area contributed by atoms with Crippen LogP contribution < -0.4 is 0 Å². The van der Waals surface area contributed by atoms with Gasteiger partial charge in [-0.1, -0.05) is 5.18 Å². The molecule has 50 valence electrons. The molecule has 5 nitrogen and oxygen atoms in total. The van der Waals surface area contributed by atoms with Crippen LogP contribution in [0.1, 0.15) is 13.3 Å². The highest BCUT2D eigenvalue weighted by atomic mass is 16.3. The fourth-order valence-electron chi connectivity index (χ4n) is 0.327. The van der Waals surface area contributed by atoms with Crippen LogP contribution in [0.3, 0.4) is 0 Å².